The van der Waals surface area contributed by atoms with Crippen molar-refractivity contribution in [1.82, 2.24) is 9.78 Å². The Morgan fingerprint density at radius 3 is 2.44 bits per heavy atom. The maximum absolute atomic E-state index is 12.8. The second-order valence-corrected chi connectivity index (χ2v) is 7.27. The Labute approximate surface area is 146 Å². The van der Waals surface area contributed by atoms with Gasteiger partial charge in [0.05, 0.1) is 27.9 Å². The Morgan fingerprint density at radius 1 is 1.08 bits per heavy atom. The van der Waals surface area contributed by atoms with Gasteiger partial charge in [-0.15, -0.1) is 0 Å². The Bertz CT molecular complexity index is 1060. The van der Waals surface area contributed by atoms with E-state index in [1.165, 1.54) is 12.1 Å². The third-order valence-electron chi connectivity index (χ3n) is 3.66. The number of aryl methyl sites for hydroxylation is 2. The highest BCUT2D eigenvalue weighted by molar-refractivity contribution is 7.92. The molecule has 0 fully saturated rings. The van der Waals surface area contributed by atoms with Gasteiger partial charge in [0, 0.05) is 6.07 Å². The quantitative estimate of drug-likeness (QED) is 0.781. The largest absolute Gasteiger partial charge is 0.263 e. The minimum atomic E-state index is -3.81. The molecule has 126 valence electrons. The van der Waals surface area contributed by atoms with E-state index >= 15 is 0 Å². The second-order valence-electron chi connectivity index (χ2n) is 5.62. The van der Waals surface area contributed by atoms with Crippen LogP contribution in [0.1, 0.15) is 16.8 Å². The van der Waals surface area contributed by atoms with Gasteiger partial charge in [0.25, 0.3) is 10.0 Å². The molecule has 0 atom stereocenters. The summed E-state index contributed by atoms with van der Waals surface area (Å²) in [6.45, 7) is 3.46. The van der Waals surface area contributed by atoms with E-state index < -0.39 is 10.0 Å². The Hall–Kier alpha value is -3.11. The van der Waals surface area contributed by atoms with Crippen LogP contribution in [0, 0.1) is 25.2 Å². The Morgan fingerprint density at radius 2 is 1.80 bits per heavy atom. The van der Waals surface area contributed by atoms with Gasteiger partial charge in [-0.2, -0.15) is 10.4 Å². The molecular formula is C18H16N4O2S. The first-order valence-electron chi connectivity index (χ1n) is 7.56. The van der Waals surface area contributed by atoms with Gasteiger partial charge >= 0.3 is 0 Å². The molecule has 0 amide bonds. The van der Waals surface area contributed by atoms with Gasteiger partial charge in [-0.1, -0.05) is 18.2 Å². The number of nitriles is 1. The summed E-state index contributed by atoms with van der Waals surface area (Å²) < 4.78 is 29.7. The number of nitrogens with one attached hydrogen (secondary N) is 1. The van der Waals surface area contributed by atoms with Gasteiger partial charge in [0.1, 0.15) is 5.82 Å². The molecule has 6 nitrogen and oxygen atoms in total. The van der Waals surface area contributed by atoms with Crippen molar-refractivity contribution in [3.63, 3.8) is 0 Å². The number of hydrogen-bond acceptors (Lipinski definition) is 4. The minimum Gasteiger partial charge on any atom is -0.263 e. The summed E-state index contributed by atoms with van der Waals surface area (Å²) in [7, 11) is -3.81. The number of sulfonamides is 1. The number of para-hydroxylation sites is 1. The van der Waals surface area contributed by atoms with Crippen LogP contribution in [-0.2, 0) is 10.0 Å². The number of hydrogen-bond donors (Lipinski definition) is 1. The molecule has 0 saturated carbocycles. The molecule has 3 rings (SSSR count). The topological polar surface area (TPSA) is 87.8 Å². The zero-order chi connectivity index (χ0) is 18.0. The lowest BCUT2D eigenvalue weighted by Gasteiger charge is -2.12. The smallest absolute Gasteiger partial charge is 0.263 e. The van der Waals surface area contributed by atoms with Crippen molar-refractivity contribution in [2.45, 2.75) is 18.7 Å². The SMILES string of the molecule is Cc1cc(NS(=O)(=O)c2ccc(C#N)cc2C)n(-c2ccccc2)n1. The molecule has 0 radical (unpaired) electrons. The fraction of sp³-hybridized carbons (Fsp3) is 0.111. The lowest BCUT2D eigenvalue weighted by atomic mass is 10.2. The van der Waals surface area contributed by atoms with E-state index in [-0.39, 0.29) is 4.90 Å². The van der Waals surface area contributed by atoms with E-state index in [0.717, 1.165) is 5.69 Å². The van der Waals surface area contributed by atoms with Gasteiger partial charge < -0.3 is 0 Å². The average Bonchev–Trinajstić information content (AvgIpc) is 2.94. The molecule has 0 unspecified atom stereocenters. The molecule has 1 N–H and O–H groups in total. The van der Waals surface area contributed by atoms with Crippen molar-refractivity contribution in [2.75, 3.05) is 4.72 Å². The van der Waals surface area contributed by atoms with E-state index in [1.807, 2.05) is 36.4 Å². The van der Waals surface area contributed by atoms with Gasteiger partial charge in [0.15, 0.2) is 0 Å². The molecule has 7 heteroatoms. The fourth-order valence-corrected chi connectivity index (χ4v) is 3.81. The molecule has 0 aliphatic rings. The average molecular weight is 352 g/mol. The standard InChI is InChI=1S/C18H16N4O2S/c1-13-10-15(12-19)8-9-17(13)25(23,24)21-18-11-14(2)20-22(18)16-6-4-3-5-7-16/h3-11,21H,1-2H3. The zero-order valence-corrected chi connectivity index (χ0v) is 14.6. The van der Waals surface area contributed by atoms with Crippen LogP contribution in [-0.4, -0.2) is 18.2 Å². The summed E-state index contributed by atoms with van der Waals surface area (Å²) in [5.74, 6) is 0.354. The minimum absolute atomic E-state index is 0.130. The van der Waals surface area contributed by atoms with Gasteiger partial charge in [-0.3, -0.25) is 4.72 Å². The summed E-state index contributed by atoms with van der Waals surface area (Å²) in [6, 6.07) is 17.4. The van der Waals surface area contributed by atoms with Crippen molar-refractivity contribution < 1.29 is 8.42 Å². The molecule has 2 aromatic carbocycles. The van der Waals surface area contributed by atoms with Crippen LogP contribution in [0.25, 0.3) is 5.69 Å². The highest BCUT2D eigenvalue weighted by atomic mass is 32.2. The van der Waals surface area contributed by atoms with Crippen molar-refractivity contribution in [1.29, 1.82) is 5.26 Å². The van der Waals surface area contributed by atoms with Crippen molar-refractivity contribution in [3.05, 3.63) is 71.4 Å². The van der Waals surface area contributed by atoms with Crippen LogP contribution in [0.5, 0.6) is 0 Å². The van der Waals surface area contributed by atoms with E-state index in [4.69, 9.17) is 5.26 Å². The van der Waals surface area contributed by atoms with E-state index in [1.54, 1.807) is 30.7 Å². The summed E-state index contributed by atoms with van der Waals surface area (Å²) in [4.78, 5) is 0.130. The Balaban J connectivity index is 2.02. The highest BCUT2D eigenvalue weighted by Crippen LogP contribution is 2.23. The van der Waals surface area contributed by atoms with E-state index in [9.17, 15) is 8.42 Å². The predicted octanol–water partition coefficient (Wildman–Crippen LogP) is 3.16. The van der Waals surface area contributed by atoms with E-state index in [2.05, 4.69) is 9.82 Å². The third kappa shape index (κ3) is 3.39. The van der Waals surface area contributed by atoms with Crippen LogP contribution in [0.4, 0.5) is 5.82 Å². The number of nitrogens with zero attached hydrogens (tertiary/aromatic N) is 3. The monoisotopic (exact) mass is 352 g/mol. The lowest BCUT2D eigenvalue weighted by molar-refractivity contribution is 0.600. The summed E-state index contributed by atoms with van der Waals surface area (Å²) in [6.07, 6.45) is 0. The first-order chi connectivity index (χ1) is 11.9. The molecule has 0 saturated heterocycles. The summed E-state index contributed by atoms with van der Waals surface area (Å²) in [5, 5.41) is 13.3. The van der Waals surface area contributed by atoms with Crippen LogP contribution in [0.15, 0.2) is 59.5 Å². The fourth-order valence-electron chi connectivity index (χ4n) is 2.55. The molecule has 25 heavy (non-hydrogen) atoms. The van der Waals surface area contributed by atoms with Gasteiger partial charge in [0.2, 0.25) is 0 Å². The first-order valence-corrected chi connectivity index (χ1v) is 9.05. The van der Waals surface area contributed by atoms with Crippen LogP contribution < -0.4 is 4.72 Å². The third-order valence-corrected chi connectivity index (χ3v) is 5.18. The molecule has 3 aromatic rings. The zero-order valence-electron chi connectivity index (χ0n) is 13.8. The maximum atomic E-state index is 12.8. The highest BCUT2D eigenvalue weighted by Gasteiger charge is 2.20. The predicted molar refractivity (Wildman–Crippen MR) is 95.0 cm³/mol. The lowest BCUT2D eigenvalue weighted by Crippen LogP contribution is -2.17. The van der Waals surface area contributed by atoms with Crippen molar-refractivity contribution >= 4 is 15.8 Å². The number of anilines is 1. The van der Waals surface area contributed by atoms with Crippen molar-refractivity contribution in [3.8, 4) is 11.8 Å². The van der Waals surface area contributed by atoms with E-state index in [0.29, 0.717) is 22.6 Å². The summed E-state index contributed by atoms with van der Waals surface area (Å²) >= 11 is 0. The van der Waals surface area contributed by atoms with Crippen LogP contribution in [0.2, 0.25) is 0 Å². The van der Waals surface area contributed by atoms with Crippen molar-refractivity contribution in [2.24, 2.45) is 0 Å². The molecule has 0 bridgehead atoms. The second kappa shape index (κ2) is 6.42. The molecule has 1 heterocycles. The number of aromatic nitrogens is 2. The van der Waals surface area contributed by atoms with Crippen LogP contribution >= 0.6 is 0 Å². The molecule has 0 aliphatic heterocycles. The number of benzene rings is 2. The van der Waals surface area contributed by atoms with Gasteiger partial charge in [-0.25, -0.2) is 13.1 Å². The normalized spacial score (nSPS) is 11.1. The molecule has 0 spiro atoms. The molecule has 1 aromatic heterocycles. The maximum Gasteiger partial charge on any atom is 0.263 e. The summed E-state index contributed by atoms with van der Waals surface area (Å²) in [5.41, 5.74) is 2.37. The van der Waals surface area contributed by atoms with Crippen LogP contribution in [0.3, 0.4) is 0 Å². The number of rotatable bonds is 4. The Kier molecular flexibility index (Phi) is 4.30. The molecule has 0 aliphatic carbocycles. The van der Waals surface area contributed by atoms with Gasteiger partial charge in [-0.05, 0) is 49.7 Å². The first kappa shape index (κ1) is 16.7. The molecular weight excluding hydrogens is 336 g/mol.